The molecule has 5 nitrogen and oxygen atoms in total. The van der Waals surface area contributed by atoms with Gasteiger partial charge in [-0.25, -0.2) is 14.4 Å². The van der Waals surface area contributed by atoms with E-state index < -0.39 is 5.82 Å². The molecule has 0 bridgehead atoms. The van der Waals surface area contributed by atoms with Gasteiger partial charge in [-0.3, -0.25) is 4.68 Å². The van der Waals surface area contributed by atoms with Gasteiger partial charge < -0.3 is 5.32 Å². The van der Waals surface area contributed by atoms with Crippen LogP contribution >= 0.6 is 11.6 Å². The van der Waals surface area contributed by atoms with E-state index in [0.717, 1.165) is 16.7 Å². The quantitative estimate of drug-likeness (QED) is 0.441. The first-order valence-corrected chi connectivity index (χ1v) is 9.93. The van der Waals surface area contributed by atoms with E-state index in [1.54, 1.807) is 10.7 Å². The normalized spacial score (nSPS) is 12.0. The maximum Gasteiger partial charge on any atom is 0.142 e. The molecule has 0 aliphatic heterocycles. The van der Waals surface area contributed by atoms with Crippen molar-refractivity contribution in [1.82, 2.24) is 19.7 Å². The summed E-state index contributed by atoms with van der Waals surface area (Å²) in [5.41, 5.74) is 4.57. The third-order valence-electron chi connectivity index (χ3n) is 4.84. The second-order valence-electron chi connectivity index (χ2n) is 7.21. The van der Waals surface area contributed by atoms with Crippen molar-refractivity contribution in [2.45, 2.75) is 19.9 Å². The Bertz CT molecular complexity index is 1200. The molecular formula is C23H21ClFN5. The average Bonchev–Trinajstić information content (AvgIpc) is 3.16. The van der Waals surface area contributed by atoms with Crippen molar-refractivity contribution >= 4 is 17.4 Å². The van der Waals surface area contributed by atoms with Crippen LogP contribution in [0, 0.1) is 12.7 Å². The van der Waals surface area contributed by atoms with Gasteiger partial charge in [-0.2, -0.15) is 5.10 Å². The highest BCUT2D eigenvalue weighted by Crippen LogP contribution is 2.27. The van der Waals surface area contributed by atoms with E-state index in [9.17, 15) is 4.39 Å². The number of benzene rings is 2. The van der Waals surface area contributed by atoms with Crippen molar-refractivity contribution in [2.75, 3.05) is 5.32 Å². The number of aromatic nitrogens is 4. The molecular weight excluding hydrogens is 401 g/mol. The van der Waals surface area contributed by atoms with Gasteiger partial charge >= 0.3 is 0 Å². The molecule has 0 amide bonds. The monoisotopic (exact) mass is 421 g/mol. The summed E-state index contributed by atoms with van der Waals surface area (Å²) in [7, 11) is 1.90. The molecule has 2 aromatic carbocycles. The van der Waals surface area contributed by atoms with Gasteiger partial charge in [-0.1, -0.05) is 35.9 Å². The van der Waals surface area contributed by atoms with Crippen LogP contribution in [0.5, 0.6) is 0 Å². The van der Waals surface area contributed by atoms with E-state index in [2.05, 4.69) is 45.5 Å². The fourth-order valence-electron chi connectivity index (χ4n) is 3.31. The van der Waals surface area contributed by atoms with E-state index in [0.29, 0.717) is 22.9 Å². The molecule has 0 spiro atoms. The van der Waals surface area contributed by atoms with Gasteiger partial charge in [0.15, 0.2) is 0 Å². The molecule has 0 fully saturated rings. The first kappa shape index (κ1) is 20.0. The standard InChI is InChI=1S/C23H21ClFN5/c1-14(16-5-4-6-17(9-16)19-12-26-30(3)13-19)27-23-11-22(28-15(2)29-23)18-7-8-20(24)21(25)10-18/h4-14H,1-3H3,(H,27,28,29)/t14-/m0/s1. The molecule has 0 radical (unpaired) electrons. The van der Waals surface area contributed by atoms with Crippen molar-refractivity contribution in [3.63, 3.8) is 0 Å². The highest BCUT2D eigenvalue weighted by atomic mass is 35.5. The Balaban J connectivity index is 1.60. The predicted molar refractivity (Wildman–Crippen MR) is 118 cm³/mol. The van der Waals surface area contributed by atoms with Crippen molar-refractivity contribution < 1.29 is 4.39 Å². The molecule has 0 unspecified atom stereocenters. The van der Waals surface area contributed by atoms with Crippen molar-refractivity contribution in [3.05, 3.63) is 83.2 Å². The lowest BCUT2D eigenvalue weighted by molar-refractivity contribution is 0.628. The number of hydrogen-bond donors (Lipinski definition) is 1. The fourth-order valence-corrected chi connectivity index (χ4v) is 3.43. The minimum atomic E-state index is -0.472. The Kier molecular flexibility index (Phi) is 5.50. The van der Waals surface area contributed by atoms with E-state index >= 15 is 0 Å². The Morgan fingerprint density at radius 2 is 1.87 bits per heavy atom. The van der Waals surface area contributed by atoms with Crippen molar-refractivity contribution in [2.24, 2.45) is 7.05 Å². The van der Waals surface area contributed by atoms with Gasteiger partial charge in [0, 0.05) is 36.5 Å². The van der Waals surface area contributed by atoms with Crippen molar-refractivity contribution in [3.8, 4) is 22.4 Å². The van der Waals surface area contributed by atoms with Crippen LogP contribution in [0.4, 0.5) is 10.2 Å². The summed E-state index contributed by atoms with van der Waals surface area (Å²) in [4.78, 5) is 8.93. The maximum atomic E-state index is 13.9. The smallest absolute Gasteiger partial charge is 0.142 e. The highest BCUT2D eigenvalue weighted by molar-refractivity contribution is 6.30. The van der Waals surface area contributed by atoms with E-state index in [1.165, 1.54) is 12.1 Å². The largest absolute Gasteiger partial charge is 0.363 e. The first-order valence-electron chi connectivity index (χ1n) is 9.55. The minimum Gasteiger partial charge on any atom is -0.363 e. The van der Waals surface area contributed by atoms with Crippen LogP contribution in [-0.2, 0) is 7.05 Å². The van der Waals surface area contributed by atoms with Crippen LogP contribution in [0.1, 0.15) is 24.4 Å². The molecule has 4 aromatic rings. The van der Waals surface area contributed by atoms with Crippen LogP contribution < -0.4 is 5.32 Å². The van der Waals surface area contributed by atoms with Gasteiger partial charge in [0.25, 0.3) is 0 Å². The molecule has 0 aliphatic rings. The molecule has 0 saturated heterocycles. The van der Waals surface area contributed by atoms with Gasteiger partial charge in [-0.15, -0.1) is 0 Å². The predicted octanol–water partition coefficient (Wildman–Crippen LogP) is 5.82. The Labute approximate surface area is 179 Å². The van der Waals surface area contributed by atoms with Crippen LogP contribution in [-0.4, -0.2) is 19.7 Å². The van der Waals surface area contributed by atoms with E-state index in [1.807, 2.05) is 38.5 Å². The van der Waals surface area contributed by atoms with Crippen molar-refractivity contribution in [1.29, 1.82) is 0 Å². The number of halogens is 2. The zero-order valence-corrected chi connectivity index (χ0v) is 17.7. The van der Waals surface area contributed by atoms with Gasteiger partial charge in [0.2, 0.25) is 0 Å². The number of aryl methyl sites for hydroxylation is 2. The fraction of sp³-hybridized carbons (Fsp3) is 0.174. The molecule has 7 heteroatoms. The third kappa shape index (κ3) is 4.33. The summed E-state index contributed by atoms with van der Waals surface area (Å²) in [6.45, 7) is 3.88. The zero-order chi connectivity index (χ0) is 21.3. The van der Waals surface area contributed by atoms with E-state index in [4.69, 9.17) is 11.6 Å². The molecule has 1 N–H and O–H groups in total. The Morgan fingerprint density at radius 1 is 1.03 bits per heavy atom. The number of nitrogens with one attached hydrogen (secondary N) is 1. The zero-order valence-electron chi connectivity index (χ0n) is 16.9. The minimum absolute atomic E-state index is 0.00530. The second kappa shape index (κ2) is 8.24. The summed E-state index contributed by atoms with van der Waals surface area (Å²) >= 11 is 5.80. The Morgan fingerprint density at radius 3 is 2.60 bits per heavy atom. The molecule has 1 atom stereocenters. The summed E-state index contributed by atoms with van der Waals surface area (Å²) in [6.07, 6.45) is 3.84. The van der Waals surface area contributed by atoms with Gasteiger partial charge in [0.05, 0.1) is 16.9 Å². The van der Waals surface area contributed by atoms with Crippen LogP contribution in [0.15, 0.2) is 60.9 Å². The molecule has 2 heterocycles. The van der Waals surface area contributed by atoms with Crippen LogP contribution in [0.25, 0.3) is 22.4 Å². The summed E-state index contributed by atoms with van der Waals surface area (Å²) in [5, 5.41) is 7.76. The number of nitrogens with zero attached hydrogens (tertiary/aromatic N) is 4. The average molecular weight is 422 g/mol. The second-order valence-corrected chi connectivity index (χ2v) is 7.62. The highest BCUT2D eigenvalue weighted by Gasteiger charge is 2.12. The van der Waals surface area contributed by atoms with Crippen LogP contribution in [0.3, 0.4) is 0 Å². The lowest BCUT2D eigenvalue weighted by Crippen LogP contribution is -2.09. The number of anilines is 1. The topological polar surface area (TPSA) is 55.6 Å². The lowest BCUT2D eigenvalue weighted by atomic mass is 10.0. The Hall–Kier alpha value is -3.25. The summed E-state index contributed by atoms with van der Waals surface area (Å²) in [6, 6.07) is 14.8. The third-order valence-corrected chi connectivity index (χ3v) is 5.15. The summed E-state index contributed by atoms with van der Waals surface area (Å²) < 4.78 is 15.7. The molecule has 0 aliphatic carbocycles. The molecule has 30 heavy (non-hydrogen) atoms. The SMILES string of the molecule is Cc1nc(N[C@@H](C)c2cccc(-c3cnn(C)c3)c2)cc(-c2ccc(Cl)c(F)c2)n1. The van der Waals surface area contributed by atoms with E-state index in [-0.39, 0.29) is 11.1 Å². The molecule has 152 valence electrons. The molecule has 4 rings (SSSR count). The van der Waals surface area contributed by atoms with Gasteiger partial charge in [-0.05, 0) is 43.2 Å². The molecule has 2 aromatic heterocycles. The number of rotatable bonds is 5. The molecule has 0 saturated carbocycles. The number of hydrogen-bond acceptors (Lipinski definition) is 4. The summed E-state index contributed by atoms with van der Waals surface area (Å²) in [5.74, 6) is 0.800. The van der Waals surface area contributed by atoms with Crippen LogP contribution in [0.2, 0.25) is 5.02 Å². The van der Waals surface area contributed by atoms with Gasteiger partial charge in [0.1, 0.15) is 17.5 Å². The first-order chi connectivity index (χ1) is 14.4. The maximum absolute atomic E-state index is 13.9. The lowest BCUT2D eigenvalue weighted by Gasteiger charge is -2.17.